The van der Waals surface area contributed by atoms with Crippen molar-refractivity contribution in [2.45, 2.75) is 49.8 Å². The van der Waals surface area contributed by atoms with Crippen LogP contribution in [-0.4, -0.2) is 63.2 Å². The number of likely N-dealkylation sites (N-methyl/N-ethyl adjacent to an activating group) is 1. The van der Waals surface area contributed by atoms with Gasteiger partial charge in [0.15, 0.2) is 0 Å². The van der Waals surface area contributed by atoms with E-state index in [1.165, 1.54) is 35.0 Å². The number of hydrogen-bond acceptors (Lipinski definition) is 3. The third kappa shape index (κ3) is 7.79. The smallest absolute Gasteiger partial charge is 0.416 e. The molecular formula is C26H29F7N2O3S. The first kappa shape index (κ1) is 31.0. The second kappa shape index (κ2) is 12.3. The summed E-state index contributed by atoms with van der Waals surface area (Å²) >= 11 is -1.36. The third-order valence-corrected chi connectivity index (χ3v) is 8.52. The van der Waals surface area contributed by atoms with Gasteiger partial charge in [-0.3, -0.25) is 0 Å². The number of halogens is 7. The van der Waals surface area contributed by atoms with Gasteiger partial charge in [0.2, 0.25) is 0 Å². The number of aliphatic hydroxyl groups is 1. The Kier molecular flexibility index (Phi) is 9.82. The number of aliphatic hydroxyl groups excluding tert-OH is 1. The van der Waals surface area contributed by atoms with Crippen LogP contribution < -0.4 is 0 Å². The summed E-state index contributed by atoms with van der Waals surface area (Å²) in [4.78, 5) is 16.2. The Labute approximate surface area is 224 Å². The van der Waals surface area contributed by atoms with Gasteiger partial charge in [0.05, 0.1) is 23.8 Å². The molecular weight excluding hydrogens is 553 g/mol. The molecule has 1 heterocycles. The Bertz CT molecular complexity index is 1130. The van der Waals surface area contributed by atoms with E-state index in [0.717, 1.165) is 0 Å². The maximum Gasteiger partial charge on any atom is 0.416 e. The fourth-order valence-electron chi connectivity index (χ4n) is 4.74. The molecule has 1 fully saturated rings. The van der Waals surface area contributed by atoms with Gasteiger partial charge in [0, 0.05) is 33.0 Å². The number of carbonyl (C=O) groups is 1. The lowest BCUT2D eigenvalue weighted by Crippen LogP contribution is -2.50. The van der Waals surface area contributed by atoms with Crippen LogP contribution in [0.2, 0.25) is 0 Å². The summed E-state index contributed by atoms with van der Waals surface area (Å²) in [5, 5.41) is 8.86. The Balaban J connectivity index is 1.82. The molecule has 5 nitrogen and oxygen atoms in total. The monoisotopic (exact) mass is 582 g/mol. The number of likely N-dealkylation sites (tertiary alicyclic amines) is 1. The lowest BCUT2D eigenvalue weighted by molar-refractivity contribution is -0.143. The number of aryl methyl sites for hydroxylation is 1. The van der Waals surface area contributed by atoms with Gasteiger partial charge in [0.25, 0.3) is 0 Å². The van der Waals surface area contributed by atoms with Crippen molar-refractivity contribution < 1.29 is 45.2 Å². The quantitative estimate of drug-likeness (QED) is 0.336. The molecule has 0 aromatic heterocycles. The van der Waals surface area contributed by atoms with Crippen molar-refractivity contribution in [3.05, 3.63) is 70.0 Å². The molecule has 3 atom stereocenters. The molecule has 0 aliphatic carbocycles. The average Bonchev–Trinajstić information content (AvgIpc) is 2.85. The van der Waals surface area contributed by atoms with E-state index in [1.807, 2.05) is 0 Å². The molecule has 39 heavy (non-hydrogen) atoms. The van der Waals surface area contributed by atoms with E-state index in [0.29, 0.717) is 29.7 Å². The van der Waals surface area contributed by atoms with E-state index in [2.05, 4.69) is 0 Å². The number of carbonyl (C=O) groups excluding carboxylic acids is 1. The first-order valence-electron chi connectivity index (χ1n) is 12.2. The summed E-state index contributed by atoms with van der Waals surface area (Å²) in [6.07, 6.45) is -9.56. The molecule has 0 saturated carbocycles. The van der Waals surface area contributed by atoms with Crippen LogP contribution in [-0.2, 0) is 29.9 Å². The topological polar surface area (TPSA) is 66.8 Å². The molecule has 0 radical (unpaired) electrons. The number of benzene rings is 2. The largest absolute Gasteiger partial charge is 0.616 e. The van der Waals surface area contributed by atoms with Crippen molar-refractivity contribution >= 4 is 17.2 Å². The lowest BCUT2D eigenvalue weighted by Gasteiger charge is -2.41. The molecule has 1 aliphatic heterocycles. The van der Waals surface area contributed by atoms with E-state index in [9.17, 15) is 45.2 Å². The first-order valence-corrected chi connectivity index (χ1v) is 13.5. The Morgan fingerprint density at radius 2 is 1.72 bits per heavy atom. The minimum Gasteiger partial charge on any atom is -0.616 e. The van der Waals surface area contributed by atoms with Crippen molar-refractivity contribution in [1.29, 1.82) is 0 Å². The van der Waals surface area contributed by atoms with Crippen LogP contribution in [0.3, 0.4) is 0 Å². The zero-order valence-corrected chi connectivity index (χ0v) is 22.1. The second-order valence-electron chi connectivity index (χ2n) is 9.53. The highest BCUT2D eigenvalue weighted by Gasteiger charge is 2.40. The van der Waals surface area contributed by atoms with Crippen LogP contribution in [0, 0.1) is 12.7 Å². The van der Waals surface area contributed by atoms with E-state index < -0.39 is 52.5 Å². The van der Waals surface area contributed by atoms with Crippen molar-refractivity contribution in [2.24, 2.45) is 0 Å². The number of nitrogens with zero attached hydrogens (tertiary/aromatic N) is 2. The number of alkyl halides is 6. The van der Waals surface area contributed by atoms with Crippen LogP contribution in [0.15, 0.2) is 36.4 Å². The molecule has 0 unspecified atom stereocenters. The Hall–Kier alpha value is -2.51. The maximum atomic E-state index is 13.8. The Morgan fingerprint density at radius 3 is 2.26 bits per heavy atom. The molecule has 0 bridgehead atoms. The van der Waals surface area contributed by atoms with Crippen molar-refractivity contribution in [2.75, 3.05) is 32.5 Å². The lowest BCUT2D eigenvalue weighted by atomic mass is 9.92. The summed E-state index contributed by atoms with van der Waals surface area (Å²) in [5.41, 5.74) is -1.87. The number of piperidine rings is 1. The second-order valence-corrected chi connectivity index (χ2v) is 11.4. The van der Waals surface area contributed by atoms with Gasteiger partial charge in [-0.1, -0.05) is 6.07 Å². The van der Waals surface area contributed by atoms with Crippen LogP contribution in [0.1, 0.15) is 46.7 Å². The summed E-state index contributed by atoms with van der Waals surface area (Å²) in [6, 6.07) is 4.31. The SMILES string of the molecule is Cc1cc(F)ccc1[C@H]1C[C@@H]([S@+]([O-])CCO)CCN1C(=O)N(C)CCc1cc(C(F)(F)F)cc(C(F)(F)F)c1. The van der Waals surface area contributed by atoms with Crippen LogP contribution in [0.5, 0.6) is 0 Å². The van der Waals surface area contributed by atoms with Gasteiger partial charge in [0.1, 0.15) is 16.8 Å². The van der Waals surface area contributed by atoms with E-state index >= 15 is 0 Å². The van der Waals surface area contributed by atoms with Gasteiger partial charge in [-0.2, -0.15) is 26.3 Å². The molecule has 1 N–H and O–H groups in total. The van der Waals surface area contributed by atoms with Crippen molar-refractivity contribution in [3.63, 3.8) is 0 Å². The summed E-state index contributed by atoms with van der Waals surface area (Å²) in [5.74, 6) is -0.397. The zero-order chi connectivity index (χ0) is 29.1. The average molecular weight is 583 g/mol. The normalized spacial score (nSPS) is 19.2. The molecule has 13 heteroatoms. The summed E-state index contributed by atoms with van der Waals surface area (Å²) < 4.78 is 106. The highest BCUT2D eigenvalue weighted by atomic mass is 32.2. The van der Waals surface area contributed by atoms with Gasteiger partial charge in [-0.05, 0) is 71.5 Å². The maximum absolute atomic E-state index is 13.8. The Morgan fingerprint density at radius 1 is 1.10 bits per heavy atom. The van der Waals surface area contributed by atoms with Gasteiger partial charge in [-0.25, -0.2) is 9.18 Å². The molecule has 2 amide bonds. The molecule has 1 aliphatic rings. The minimum absolute atomic E-state index is 0.0544. The molecule has 216 valence electrons. The summed E-state index contributed by atoms with van der Waals surface area (Å²) in [7, 11) is 1.39. The van der Waals surface area contributed by atoms with Gasteiger partial charge < -0.3 is 19.5 Å². The predicted molar refractivity (Wildman–Crippen MR) is 132 cm³/mol. The minimum atomic E-state index is -4.97. The number of amides is 2. The molecule has 0 spiro atoms. The molecule has 2 aromatic carbocycles. The van der Waals surface area contributed by atoms with Crippen LogP contribution in [0.25, 0.3) is 0 Å². The van der Waals surface area contributed by atoms with E-state index in [-0.39, 0.29) is 55.2 Å². The third-order valence-electron chi connectivity index (χ3n) is 6.77. The summed E-state index contributed by atoms with van der Waals surface area (Å²) in [6.45, 7) is 1.42. The van der Waals surface area contributed by atoms with Gasteiger partial charge >= 0.3 is 18.4 Å². The fourth-order valence-corrected chi connectivity index (χ4v) is 6.02. The van der Waals surface area contributed by atoms with Crippen molar-refractivity contribution in [1.82, 2.24) is 9.80 Å². The standard InChI is InChI=1S/C26H29F7N2O3S/c1-16-11-20(27)3-4-22(16)23-15-21(39(38)10-9-36)6-8-35(23)24(37)34(2)7-5-17-12-18(25(28,29)30)14-19(13-17)26(31,32)33/h3-4,11-14,21,23,36H,5-10,15H2,1-2H3/t21-,23+,39+/m0/s1. The number of urea groups is 1. The molecule has 2 aromatic rings. The highest BCUT2D eigenvalue weighted by molar-refractivity contribution is 7.92. The van der Waals surface area contributed by atoms with Crippen molar-refractivity contribution in [3.8, 4) is 0 Å². The van der Waals surface area contributed by atoms with Crippen LogP contribution >= 0.6 is 0 Å². The molecule has 1 saturated heterocycles. The van der Waals surface area contributed by atoms with E-state index in [4.69, 9.17) is 0 Å². The van der Waals surface area contributed by atoms with Gasteiger partial charge in [-0.15, -0.1) is 0 Å². The predicted octanol–water partition coefficient (Wildman–Crippen LogP) is 5.71. The zero-order valence-electron chi connectivity index (χ0n) is 21.3. The number of rotatable bonds is 7. The molecule has 3 rings (SSSR count). The fraction of sp³-hybridized carbons (Fsp3) is 0.500. The first-order chi connectivity index (χ1) is 18.1. The number of hydrogen-bond donors (Lipinski definition) is 1. The van der Waals surface area contributed by atoms with Crippen LogP contribution in [0.4, 0.5) is 35.5 Å². The highest BCUT2D eigenvalue weighted by Crippen LogP contribution is 2.38. The van der Waals surface area contributed by atoms with E-state index in [1.54, 1.807) is 6.92 Å².